The number of aromatic nitrogens is 5. The zero-order valence-corrected chi connectivity index (χ0v) is 13.4. The molecule has 2 aliphatic rings. The highest BCUT2D eigenvalue weighted by Gasteiger charge is 2.31. The highest BCUT2D eigenvalue weighted by molar-refractivity contribution is 5.94. The van der Waals surface area contributed by atoms with E-state index in [1.54, 1.807) is 21.8 Å². The van der Waals surface area contributed by atoms with E-state index in [1.807, 2.05) is 0 Å². The van der Waals surface area contributed by atoms with Gasteiger partial charge < -0.3 is 13.8 Å². The number of rotatable bonds is 4. The molecule has 0 spiro atoms. The molecule has 5 rings (SSSR count). The fraction of sp³-hybridized carbons (Fsp3) is 0.438. The van der Waals surface area contributed by atoms with Gasteiger partial charge in [-0.2, -0.15) is 4.98 Å². The third-order valence-corrected chi connectivity index (χ3v) is 4.71. The van der Waals surface area contributed by atoms with E-state index in [0.717, 1.165) is 25.1 Å². The maximum atomic E-state index is 12.4. The lowest BCUT2D eigenvalue weighted by Gasteiger charge is -2.15. The Kier molecular flexibility index (Phi) is 3.19. The standard InChI is InChI=1S/C16H16N6O3/c23-16(11-4-6-24-9-11)21-5-3-12(7-21)22-8-13(18-20-22)15-17-14(19-25-15)10-1-2-10/h4,6,8-10,12H,1-3,5,7H2/t12-/m0/s1. The Labute approximate surface area is 142 Å². The van der Waals surface area contributed by atoms with E-state index in [4.69, 9.17) is 8.94 Å². The van der Waals surface area contributed by atoms with Crippen molar-refractivity contribution in [3.63, 3.8) is 0 Å². The Morgan fingerprint density at radius 1 is 1.28 bits per heavy atom. The number of carbonyl (C=O) groups excluding carboxylic acids is 1. The molecule has 1 saturated carbocycles. The molecule has 0 aromatic carbocycles. The number of carbonyl (C=O) groups is 1. The summed E-state index contributed by atoms with van der Waals surface area (Å²) in [5, 5.41) is 12.3. The van der Waals surface area contributed by atoms with Crippen LogP contribution in [0.5, 0.6) is 0 Å². The van der Waals surface area contributed by atoms with Gasteiger partial charge in [-0.15, -0.1) is 5.10 Å². The molecule has 4 heterocycles. The molecule has 3 aromatic heterocycles. The van der Waals surface area contributed by atoms with Crippen molar-refractivity contribution in [2.45, 2.75) is 31.2 Å². The highest BCUT2D eigenvalue weighted by Crippen LogP contribution is 2.38. The molecule has 25 heavy (non-hydrogen) atoms. The summed E-state index contributed by atoms with van der Waals surface area (Å²) < 4.78 is 12.0. The molecule has 9 nitrogen and oxygen atoms in total. The van der Waals surface area contributed by atoms with Crippen LogP contribution in [-0.4, -0.2) is 49.0 Å². The van der Waals surface area contributed by atoms with Gasteiger partial charge in [-0.1, -0.05) is 10.4 Å². The molecule has 1 amide bonds. The second-order valence-corrected chi connectivity index (χ2v) is 6.52. The van der Waals surface area contributed by atoms with Gasteiger partial charge in [-0.25, -0.2) is 4.68 Å². The van der Waals surface area contributed by atoms with Crippen molar-refractivity contribution in [1.82, 2.24) is 30.0 Å². The number of hydrogen-bond donors (Lipinski definition) is 0. The third-order valence-electron chi connectivity index (χ3n) is 4.71. The van der Waals surface area contributed by atoms with Crippen LogP contribution >= 0.6 is 0 Å². The lowest BCUT2D eigenvalue weighted by atomic mass is 10.3. The van der Waals surface area contributed by atoms with E-state index in [2.05, 4.69) is 20.5 Å². The van der Waals surface area contributed by atoms with Crippen molar-refractivity contribution in [2.24, 2.45) is 0 Å². The van der Waals surface area contributed by atoms with Crippen molar-refractivity contribution in [1.29, 1.82) is 0 Å². The maximum absolute atomic E-state index is 12.4. The summed E-state index contributed by atoms with van der Waals surface area (Å²) in [5.74, 6) is 1.56. The summed E-state index contributed by atoms with van der Waals surface area (Å²) >= 11 is 0. The minimum atomic E-state index is -0.0254. The molecule has 0 bridgehead atoms. The van der Waals surface area contributed by atoms with E-state index >= 15 is 0 Å². The molecule has 0 unspecified atom stereocenters. The Bertz CT molecular complexity index is 895. The predicted molar refractivity (Wildman–Crippen MR) is 83.6 cm³/mol. The molecule has 128 valence electrons. The van der Waals surface area contributed by atoms with Gasteiger partial charge in [0.05, 0.1) is 24.1 Å². The molecule has 3 aromatic rings. The van der Waals surface area contributed by atoms with Gasteiger partial charge in [0.25, 0.3) is 11.8 Å². The van der Waals surface area contributed by atoms with Crippen LogP contribution in [0, 0.1) is 0 Å². The molecule has 1 atom stereocenters. The van der Waals surface area contributed by atoms with Crippen LogP contribution in [0.15, 0.2) is 33.7 Å². The fourth-order valence-electron chi connectivity index (χ4n) is 3.11. The number of amides is 1. The molecule has 0 radical (unpaired) electrons. The third kappa shape index (κ3) is 2.61. The van der Waals surface area contributed by atoms with E-state index in [-0.39, 0.29) is 11.9 Å². The van der Waals surface area contributed by atoms with E-state index in [0.29, 0.717) is 36.2 Å². The number of hydrogen-bond acceptors (Lipinski definition) is 7. The Balaban J connectivity index is 1.29. The predicted octanol–water partition coefficient (Wildman–Crippen LogP) is 1.89. The Hall–Kier alpha value is -2.97. The molecule has 1 aliphatic heterocycles. The Morgan fingerprint density at radius 2 is 2.20 bits per heavy atom. The maximum Gasteiger partial charge on any atom is 0.280 e. The van der Waals surface area contributed by atoms with Crippen molar-refractivity contribution < 1.29 is 13.7 Å². The van der Waals surface area contributed by atoms with Gasteiger partial charge in [-0.3, -0.25) is 4.79 Å². The lowest BCUT2D eigenvalue weighted by molar-refractivity contribution is 0.0786. The minimum absolute atomic E-state index is 0.0254. The average Bonchev–Trinajstić information content (AvgIpc) is 3.16. The van der Waals surface area contributed by atoms with Crippen LogP contribution in [0.4, 0.5) is 0 Å². The molecular weight excluding hydrogens is 324 g/mol. The summed E-state index contributed by atoms with van der Waals surface area (Å²) in [4.78, 5) is 18.6. The van der Waals surface area contributed by atoms with Gasteiger partial charge in [0.2, 0.25) is 0 Å². The summed E-state index contributed by atoms with van der Waals surface area (Å²) in [6.45, 7) is 1.26. The first-order chi connectivity index (χ1) is 12.3. The van der Waals surface area contributed by atoms with Crippen LogP contribution in [0.25, 0.3) is 11.6 Å². The van der Waals surface area contributed by atoms with Crippen LogP contribution in [0.3, 0.4) is 0 Å². The molecule has 2 fully saturated rings. The van der Waals surface area contributed by atoms with E-state index in [9.17, 15) is 4.79 Å². The lowest BCUT2D eigenvalue weighted by Crippen LogP contribution is -2.28. The van der Waals surface area contributed by atoms with Crippen molar-refractivity contribution in [3.05, 3.63) is 36.2 Å². The van der Waals surface area contributed by atoms with Gasteiger partial charge in [0, 0.05) is 19.0 Å². The van der Waals surface area contributed by atoms with Gasteiger partial charge in [0.15, 0.2) is 11.5 Å². The van der Waals surface area contributed by atoms with Crippen LogP contribution in [0.1, 0.15) is 47.4 Å². The summed E-state index contributed by atoms with van der Waals surface area (Å²) in [6.07, 6.45) is 7.84. The molecule has 0 N–H and O–H groups in total. The highest BCUT2D eigenvalue weighted by atomic mass is 16.5. The topological polar surface area (TPSA) is 103 Å². The summed E-state index contributed by atoms with van der Waals surface area (Å²) in [6, 6.07) is 1.76. The minimum Gasteiger partial charge on any atom is -0.472 e. The molecular formula is C16H16N6O3. The van der Waals surface area contributed by atoms with Crippen molar-refractivity contribution in [3.8, 4) is 11.6 Å². The van der Waals surface area contributed by atoms with Crippen molar-refractivity contribution >= 4 is 5.91 Å². The zero-order chi connectivity index (χ0) is 16.8. The van der Waals surface area contributed by atoms with Crippen LogP contribution in [-0.2, 0) is 0 Å². The molecule has 9 heteroatoms. The van der Waals surface area contributed by atoms with Gasteiger partial charge in [0.1, 0.15) is 6.26 Å². The van der Waals surface area contributed by atoms with Gasteiger partial charge in [-0.05, 0) is 25.3 Å². The number of furan rings is 1. The normalized spacial score (nSPS) is 20.3. The zero-order valence-electron chi connectivity index (χ0n) is 13.4. The first kappa shape index (κ1) is 14.4. The van der Waals surface area contributed by atoms with Gasteiger partial charge >= 0.3 is 0 Å². The van der Waals surface area contributed by atoms with E-state index in [1.165, 1.54) is 12.5 Å². The van der Waals surface area contributed by atoms with Crippen LogP contribution < -0.4 is 0 Å². The first-order valence-corrected chi connectivity index (χ1v) is 8.35. The second-order valence-electron chi connectivity index (χ2n) is 6.52. The molecule has 1 saturated heterocycles. The first-order valence-electron chi connectivity index (χ1n) is 8.35. The second kappa shape index (κ2) is 5.54. The summed E-state index contributed by atoms with van der Waals surface area (Å²) in [7, 11) is 0. The van der Waals surface area contributed by atoms with Crippen molar-refractivity contribution in [2.75, 3.05) is 13.1 Å². The quantitative estimate of drug-likeness (QED) is 0.714. The number of likely N-dealkylation sites (tertiary alicyclic amines) is 1. The monoisotopic (exact) mass is 340 g/mol. The average molecular weight is 340 g/mol. The SMILES string of the molecule is O=C(c1ccoc1)N1CC[C@H](n2cc(-c3nc(C4CC4)no3)nn2)C1. The fourth-order valence-corrected chi connectivity index (χ4v) is 3.11. The summed E-state index contributed by atoms with van der Waals surface area (Å²) in [5.41, 5.74) is 1.14. The van der Waals surface area contributed by atoms with E-state index < -0.39 is 0 Å². The van der Waals surface area contributed by atoms with Crippen LogP contribution in [0.2, 0.25) is 0 Å². The molecule has 1 aliphatic carbocycles. The largest absolute Gasteiger partial charge is 0.472 e. The Morgan fingerprint density at radius 3 is 3.00 bits per heavy atom. The smallest absolute Gasteiger partial charge is 0.280 e. The number of nitrogens with zero attached hydrogens (tertiary/aromatic N) is 6.